The second-order valence-electron chi connectivity index (χ2n) is 5.61. The number of fused-ring (bicyclic) bond motifs is 3. The zero-order chi connectivity index (χ0) is 15.1. The summed E-state index contributed by atoms with van der Waals surface area (Å²) >= 11 is 0. The normalized spacial score (nSPS) is 14.4. The Bertz CT molecular complexity index is 867. The molecule has 1 aliphatic rings. The van der Waals surface area contributed by atoms with Crippen molar-refractivity contribution in [2.45, 2.75) is 25.3 Å². The van der Waals surface area contributed by atoms with Crippen molar-refractivity contribution in [2.75, 3.05) is 7.11 Å². The minimum atomic E-state index is 0.0106. The number of hydrogen-bond acceptors (Lipinski definition) is 4. The number of pyridine rings is 1. The maximum Gasteiger partial charge on any atom is 0.227 e. The van der Waals surface area contributed by atoms with E-state index in [-0.39, 0.29) is 12.3 Å². The number of carbonyl (C=O) groups is 1. The van der Waals surface area contributed by atoms with Gasteiger partial charge in [0.1, 0.15) is 11.6 Å². The molecule has 0 aliphatic heterocycles. The molecule has 0 radical (unpaired) electrons. The second kappa shape index (κ2) is 4.98. The number of nitrogens with one attached hydrogen (secondary N) is 2. The van der Waals surface area contributed by atoms with E-state index in [0.717, 1.165) is 40.5 Å². The number of carbonyl (C=O) groups excluding carboxylic acids is 1. The van der Waals surface area contributed by atoms with Crippen molar-refractivity contribution in [2.24, 2.45) is 0 Å². The molecule has 1 saturated carbocycles. The molecule has 6 heteroatoms. The van der Waals surface area contributed by atoms with Gasteiger partial charge in [0, 0.05) is 11.4 Å². The molecule has 2 heterocycles. The zero-order valence-electron chi connectivity index (χ0n) is 12.2. The maximum atomic E-state index is 11.9. The average Bonchev–Trinajstić information content (AvgIpc) is 3.23. The first kappa shape index (κ1) is 13.1. The molecule has 2 N–H and O–H groups in total. The van der Waals surface area contributed by atoms with Gasteiger partial charge in [0.05, 0.1) is 36.3 Å². The summed E-state index contributed by atoms with van der Waals surface area (Å²) in [6, 6.07) is 6.06. The third kappa shape index (κ3) is 2.36. The standard InChI is InChI=1S/C16H16N4O2/c1-22-10-4-5-12-11(6-10)16-13(8-17-12)19-14(20-16)7-15(21)18-9-2-3-9/h4-6,8-9H,2-3,7H2,1H3,(H,18,21)(H,19,20). The molecule has 0 spiro atoms. The number of rotatable bonds is 4. The van der Waals surface area contributed by atoms with E-state index in [0.29, 0.717) is 11.9 Å². The van der Waals surface area contributed by atoms with Gasteiger partial charge in [0.25, 0.3) is 0 Å². The van der Waals surface area contributed by atoms with Crippen LogP contribution < -0.4 is 10.1 Å². The molecule has 2 aromatic heterocycles. The Morgan fingerprint density at radius 1 is 1.45 bits per heavy atom. The molecule has 112 valence electrons. The van der Waals surface area contributed by atoms with Crippen LogP contribution in [0.1, 0.15) is 18.7 Å². The van der Waals surface area contributed by atoms with Crippen molar-refractivity contribution < 1.29 is 9.53 Å². The van der Waals surface area contributed by atoms with Crippen LogP contribution in [-0.2, 0) is 11.2 Å². The molecule has 1 fully saturated rings. The first-order valence-corrected chi connectivity index (χ1v) is 7.33. The van der Waals surface area contributed by atoms with Gasteiger partial charge in [-0.1, -0.05) is 0 Å². The zero-order valence-corrected chi connectivity index (χ0v) is 12.2. The Kier molecular flexibility index (Phi) is 2.96. The lowest BCUT2D eigenvalue weighted by Gasteiger charge is -2.01. The lowest BCUT2D eigenvalue weighted by molar-refractivity contribution is -0.120. The molecule has 1 amide bonds. The van der Waals surface area contributed by atoms with Crippen LogP contribution in [0.2, 0.25) is 0 Å². The quantitative estimate of drug-likeness (QED) is 0.771. The number of imidazole rings is 1. The van der Waals surface area contributed by atoms with Crippen LogP contribution in [-0.4, -0.2) is 34.0 Å². The van der Waals surface area contributed by atoms with Crippen molar-refractivity contribution in [3.63, 3.8) is 0 Å². The Hall–Kier alpha value is -2.63. The van der Waals surface area contributed by atoms with Gasteiger partial charge in [-0.05, 0) is 31.0 Å². The lowest BCUT2D eigenvalue weighted by atomic mass is 10.2. The van der Waals surface area contributed by atoms with Crippen LogP contribution in [0.25, 0.3) is 21.9 Å². The summed E-state index contributed by atoms with van der Waals surface area (Å²) in [5, 5.41) is 3.89. The average molecular weight is 296 g/mol. The first-order valence-electron chi connectivity index (χ1n) is 7.33. The number of H-pyrrole nitrogens is 1. The number of benzene rings is 1. The van der Waals surface area contributed by atoms with Crippen molar-refractivity contribution in [3.8, 4) is 5.75 Å². The molecule has 1 aliphatic carbocycles. The number of aromatic amines is 1. The van der Waals surface area contributed by atoms with Crippen LogP contribution in [0, 0.1) is 0 Å². The van der Waals surface area contributed by atoms with Crippen molar-refractivity contribution in [1.82, 2.24) is 20.3 Å². The highest BCUT2D eigenvalue weighted by atomic mass is 16.5. The van der Waals surface area contributed by atoms with Gasteiger partial charge in [0.2, 0.25) is 5.91 Å². The second-order valence-corrected chi connectivity index (χ2v) is 5.61. The van der Waals surface area contributed by atoms with Crippen molar-refractivity contribution in [3.05, 3.63) is 30.2 Å². The van der Waals surface area contributed by atoms with Gasteiger partial charge >= 0.3 is 0 Å². The van der Waals surface area contributed by atoms with Crippen LogP contribution in [0.4, 0.5) is 0 Å². The largest absolute Gasteiger partial charge is 0.497 e. The fourth-order valence-corrected chi connectivity index (χ4v) is 2.56. The third-order valence-corrected chi connectivity index (χ3v) is 3.84. The van der Waals surface area contributed by atoms with Gasteiger partial charge in [-0.25, -0.2) is 4.98 Å². The van der Waals surface area contributed by atoms with E-state index in [1.807, 2.05) is 18.2 Å². The lowest BCUT2D eigenvalue weighted by Crippen LogP contribution is -2.27. The predicted molar refractivity (Wildman–Crippen MR) is 82.8 cm³/mol. The minimum absolute atomic E-state index is 0.0106. The van der Waals surface area contributed by atoms with E-state index in [2.05, 4.69) is 20.3 Å². The molecular weight excluding hydrogens is 280 g/mol. The SMILES string of the molecule is COc1ccc2ncc3[nH]c(CC(=O)NC4CC4)nc3c2c1. The monoisotopic (exact) mass is 296 g/mol. The summed E-state index contributed by atoms with van der Waals surface area (Å²) in [5.74, 6) is 1.43. The van der Waals surface area contributed by atoms with Gasteiger partial charge in [-0.2, -0.15) is 0 Å². The number of amides is 1. The molecule has 0 bridgehead atoms. The summed E-state index contributed by atoms with van der Waals surface area (Å²) < 4.78 is 5.26. The first-order chi connectivity index (χ1) is 10.7. The predicted octanol–water partition coefficient (Wildman–Crippen LogP) is 1.94. The number of ether oxygens (including phenoxy) is 1. The minimum Gasteiger partial charge on any atom is -0.497 e. The van der Waals surface area contributed by atoms with E-state index >= 15 is 0 Å². The van der Waals surface area contributed by atoms with E-state index in [9.17, 15) is 4.79 Å². The summed E-state index contributed by atoms with van der Waals surface area (Å²) in [6.07, 6.45) is 4.18. The topological polar surface area (TPSA) is 79.9 Å². The van der Waals surface area contributed by atoms with Crippen LogP contribution in [0.3, 0.4) is 0 Å². The van der Waals surface area contributed by atoms with Gasteiger partial charge < -0.3 is 15.0 Å². The Balaban J connectivity index is 1.72. The fraction of sp³-hybridized carbons (Fsp3) is 0.312. The Labute approximate surface area is 126 Å². The molecule has 3 aromatic rings. The Morgan fingerprint density at radius 3 is 3.09 bits per heavy atom. The highest BCUT2D eigenvalue weighted by Crippen LogP contribution is 2.26. The molecule has 0 atom stereocenters. The van der Waals surface area contributed by atoms with Crippen LogP contribution >= 0.6 is 0 Å². The van der Waals surface area contributed by atoms with Gasteiger partial charge in [-0.15, -0.1) is 0 Å². The molecule has 4 rings (SSSR count). The number of aromatic nitrogens is 3. The van der Waals surface area contributed by atoms with E-state index in [1.165, 1.54) is 0 Å². The Morgan fingerprint density at radius 2 is 2.32 bits per heavy atom. The van der Waals surface area contributed by atoms with E-state index in [1.54, 1.807) is 13.3 Å². The van der Waals surface area contributed by atoms with Gasteiger partial charge in [0.15, 0.2) is 0 Å². The third-order valence-electron chi connectivity index (χ3n) is 3.84. The van der Waals surface area contributed by atoms with E-state index in [4.69, 9.17) is 4.74 Å². The molecule has 22 heavy (non-hydrogen) atoms. The smallest absolute Gasteiger partial charge is 0.227 e. The summed E-state index contributed by atoms with van der Waals surface area (Å²) in [4.78, 5) is 24.1. The van der Waals surface area contributed by atoms with Crippen molar-refractivity contribution >= 4 is 27.8 Å². The highest BCUT2D eigenvalue weighted by molar-refractivity contribution is 6.02. The van der Waals surface area contributed by atoms with Crippen LogP contribution in [0.15, 0.2) is 24.4 Å². The van der Waals surface area contributed by atoms with Crippen LogP contribution in [0.5, 0.6) is 5.75 Å². The number of methoxy groups -OCH3 is 1. The highest BCUT2D eigenvalue weighted by Gasteiger charge is 2.23. The number of nitrogens with zero attached hydrogens (tertiary/aromatic N) is 2. The molecule has 0 unspecified atom stereocenters. The van der Waals surface area contributed by atoms with Gasteiger partial charge in [-0.3, -0.25) is 9.78 Å². The molecule has 1 aromatic carbocycles. The molecular formula is C16H16N4O2. The number of hydrogen-bond donors (Lipinski definition) is 2. The summed E-state index contributed by atoms with van der Waals surface area (Å²) in [6.45, 7) is 0. The molecule has 6 nitrogen and oxygen atoms in total. The summed E-state index contributed by atoms with van der Waals surface area (Å²) in [7, 11) is 1.63. The fourth-order valence-electron chi connectivity index (χ4n) is 2.56. The van der Waals surface area contributed by atoms with Crippen molar-refractivity contribution in [1.29, 1.82) is 0 Å². The summed E-state index contributed by atoms with van der Waals surface area (Å²) in [5.41, 5.74) is 2.50. The maximum absolute atomic E-state index is 11.9. The van der Waals surface area contributed by atoms with E-state index < -0.39 is 0 Å². The molecule has 0 saturated heterocycles.